The fourth-order valence-corrected chi connectivity index (χ4v) is 1.81. The highest BCUT2D eigenvalue weighted by Crippen LogP contribution is 2.30. The van der Waals surface area contributed by atoms with Crippen LogP contribution in [0.5, 0.6) is 0 Å². The van der Waals surface area contributed by atoms with Crippen molar-refractivity contribution in [3.8, 4) is 0 Å². The van der Waals surface area contributed by atoms with Crippen LogP contribution in [0.4, 0.5) is 13.2 Å². The van der Waals surface area contributed by atoms with Crippen molar-refractivity contribution in [2.45, 2.75) is 50.7 Å². The first-order valence-corrected chi connectivity index (χ1v) is 5.78. The molecule has 0 aliphatic heterocycles. The zero-order valence-electron chi connectivity index (χ0n) is 9.85. The fraction of sp³-hybridized carbons (Fsp3) is 0.909. The van der Waals surface area contributed by atoms with E-state index in [9.17, 15) is 18.0 Å². The predicted octanol–water partition coefficient (Wildman–Crippen LogP) is 2.39. The first-order chi connectivity index (χ1) is 7.75. The van der Waals surface area contributed by atoms with Crippen molar-refractivity contribution in [2.75, 3.05) is 6.61 Å². The number of halogens is 3. The van der Waals surface area contributed by atoms with Gasteiger partial charge in [-0.3, -0.25) is 0 Å². The van der Waals surface area contributed by atoms with Crippen LogP contribution in [0.2, 0.25) is 0 Å². The molecule has 1 fully saturated rings. The SMILES string of the molecule is CC(N)(C(=O)OCC1CCCCC1)C(F)(F)F. The third-order valence-electron chi connectivity index (χ3n) is 3.19. The van der Waals surface area contributed by atoms with Gasteiger partial charge in [0.25, 0.3) is 0 Å². The summed E-state index contributed by atoms with van der Waals surface area (Å²) >= 11 is 0. The third-order valence-corrected chi connectivity index (χ3v) is 3.19. The Bertz CT molecular complexity index is 270. The Morgan fingerprint density at radius 1 is 1.29 bits per heavy atom. The molecule has 1 aliphatic carbocycles. The van der Waals surface area contributed by atoms with Gasteiger partial charge in [0.05, 0.1) is 6.61 Å². The van der Waals surface area contributed by atoms with Crippen LogP contribution in [0.1, 0.15) is 39.0 Å². The number of carbonyl (C=O) groups is 1. The number of nitrogens with two attached hydrogens (primary N) is 1. The number of esters is 1. The van der Waals surface area contributed by atoms with Gasteiger partial charge in [0.15, 0.2) is 0 Å². The molecule has 0 saturated heterocycles. The largest absolute Gasteiger partial charge is 0.464 e. The smallest absolute Gasteiger partial charge is 0.416 e. The minimum atomic E-state index is -4.78. The summed E-state index contributed by atoms with van der Waals surface area (Å²) in [5.41, 5.74) is 2.04. The van der Waals surface area contributed by atoms with Crippen molar-refractivity contribution in [1.29, 1.82) is 0 Å². The van der Waals surface area contributed by atoms with Gasteiger partial charge in [-0.2, -0.15) is 13.2 Å². The van der Waals surface area contributed by atoms with E-state index in [1.54, 1.807) is 0 Å². The van der Waals surface area contributed by atoms with Crippen LogP contribution < -0.4 is 5.73 Å². The molecule has 100 valence electrons. The molecular formula is C11H18F3NO2. The molecule has 0 aromatic heterocycles. The average molecular weight is 253 g/mol. The highest BCUT2D eigenvalue weighted by molar-refractivity contribution is 5.81. The Morgan fingerprint density at radius 3 is 2.29 bits per heavy atom. The summed E-state index contributed by atoms with van der Waals surface area (Å²) in [4.78, 5) is 11.3. The molecular weight excluding hydrogens is 235 g/mol. The summed E-state index contributed by atoms with van der Waals surface area (Å²) in [5, 5.41) is 0. The lowest BCUT2D eigenvalue weighted by molar-refractivity contribution is -0.202. The molecule has 6 heteroatoms. The highest BCUT2D eigenvalue weighted by Gasteiger charge is 2.55. The van der Waals surface area contributed by atoms with Crippen LogP contribution in [0.3, 0.4) is 0 Å². The van der Waals surface area contributed by atoms with Gasteiger partial charge in [-0.05, 0) is 25.7 Å². The standard InChI is InChI=1S/C11H18F3NO2/c1-10(15,11(12,13)14)9(16)17-7-8-5-3-2-4-6-8/h8H,2-7,15H2,1H3. The highest BCUT2D eigenvalue weighted by atomic mass is 19.4. The van der Waals surface area contributed by atoms with Crippen molar-refractivity contribution in [1.82, 2.24) is 0 Å². The van der Waals surface area contributed by atoms with Gasteiger partial charge in [0, 0.05) is 0 Å². The summed E-state index contributed by atoms with van der Waals surface area (Å²) < 4.78 is 42.0. The van der Waals surface area contributed by atoms with E-state index >= 15 is 0 Å². The maximum absolute atomic E-state index is 12.4. The number of hydrogen-bond donors (Lipinski definition) is 1. The predicted molar refractivity (Wildman–Crippen MR) is 56.2 cm³/mol. The quantitative estimate of drug-likeness (QED) is 0.786. The normalized spacial score (nSPS) is 21.9. The molecule has 1 saturated carbocycles. The molecule has 0 radical (unpaired) electrons. The first kappa shape index (κ1) is 14.3. The lowest BCUT2D eigenvalue weighted by Crippen LogP contribution is -2.58. The number of ether oxygens (including phenoxy) is 1. The second-order valence-electron chi connectivity index (χ2n) is 4.80. The van der Waals surface area contributed by atoms with Crippen LogP contribution in [0.15, 0.2) is 0 Å². The lowest BCUT2D eigenvalue weighted by Gasteiger charge is -2.27. The molecule has 2 N–H and O–H groups in total. The Balaban J connectivity index is 2.43. The summed E-state index contributed by atoms with van der Waals surface area (Å²) in [6.45, 7) is 0.678. The molecule has 0 spiro atoms. The van der Waals surface area contributed by atoms with Crippen LogP contribution >= 0.6 is 0 Å². The molecule has 1 aliphatic rings. The van der Waals surface area contributed by atoms with Crippen molar-refractivity contribution in [3.63, 3.8) is 0 Å². The van der Waals surface area contributed by atoms with Gasteiger partial charge < -0.3 is 10.5 Å². The molecule has 1 atom stereocenters. The van der Waals surface area contributed by atoms with Gasteiger partial charge in [0.1, 0.15) is 0 Å². The van der Waals surface area contributed by atoms with Crippen molar-refractivity contribution < 1.29 is 22.7 Å². The third kappa shape index (κ3) is 3.59. The number of carbonyl (C=O) groups excluding carboxylic acids is 1. The van der Waals surface area contributed by atoms with E-state index in [0.717, 1.165) is 32.1 Å². The summed E-state index contributed by atoms with van der Waals surface area (Å²) in [5.74, 6) is -1.22. The minimum Gasteiger partial charge on any atom is -0.464 e. The van der Waals surface area contributed by atoms with Crippen molar-refractivity contribution in [3.05, 3.63) is 0 Å². The summed E-state index contributed by atoms with van der Waals surface area (Å²) in [7, 11) is 0. The molecule has 0 bridgehead atoms. The van der Waals surface area contributed by atoms with Gasteiger partial charge in [-0.15, -0.1) is 0 Å². The van der Waals surface area contributed by atoms with Gasteiger partial charge in [0.2, 0.25) is 5.54 Å². The Morgan fingerprint density at radius 2 is 1.82 bits per heavy atom. The molecule has 1 rings (SSSR count). The van der Waals surface area contributed by atoms with Gasteiger partial charge in [-0.1, -0.05) is 19.3 Å². The molecule has 3 nitrogen and oxygen atoms in total. The summed E-state index contributed by atoms with van der Waals surface area (Å²) in [6, 6.07) is 0. The second kappa shape index (κ2) is 5.25. The topological polar surface area (TPSA) is 52.3 Å². The number of rotatable bonds is 3. The molecule has 0 amide bonds. The van der Waals surface area contributed by atoms with Gasteiger partial charge >= 0.3 is 12.1 Å². The van der Waals surface area contributed by atoms with E-state index in [4.69, 9.17) is 5.73 Å². The van der Waals surface area contributed by atoms with Crippen LogP contribution in [-0.4, -0.2) is 24.3 Å². The molecule has 1 unspecified atom stereocenters. The zero-order valence-corrected chi connectivity index (χ0v) is 9.85. The van der Waals surface area contributed by atoms with E-state index in [0.29, 0.717) is 6.92 Å². The maximum Gasteiger partial charge on any atom is 0.416 e. The lowest BCUT2D eigenvalue weighted by atomic mass is 9.90. The molecule has 0 aromatic carbocycles. The van der Waals surface area contributed by atoms with Crippen molar-refractivity contribution >= 4 is 5.97 Å². The number of hydrogen-bond acceptors (Lipinski definition) is 3. The van der Waals surface area contributed by atoms with E-state index in [-0.39, 0.29) is 12.5 Å². The summed E-state index contributed by atoms with van der Waals surface area (Å²) in [6.07, 6.45) is 0.252. The van der Waals surface area contributed by atoms with Crippen molar-refractivity contribution in [2.24, 2.45) is 11.7 Å². The molecule has 0 heterocycles. The second-order valence-corrected chi connectivity index (χ2v) is 4.80. The van der Waals surface area contributed by atoms with E-state index in [1.165, 1.54) is 0 Å². The van der Waals surface area contributed by atoms with E-state index in [2.05, 4.69) is 4.74 Å². The van der Waals surface area contributed by atoms with Crippen LogP contribution in [0.25, 0.3) is 0 Å². The Kier molecular flexibility index (Phi) is 4.41. The monoisotopic (exact) mass is 253 g/mol. The maximum atomic E-state index is 12.4. The Hall–Kier alpha value is -0.780. The molecule has 0 aromatic rings. The van der Waals surface area contributed by atoms with E-state index in [1.807, 2.05) is 0 Å². The fourth-order valence-electron chi connectivity index (χ4n) is 1.81. The number of alkyl halides is 3. The van der Waals surface area contributed by atoms with Gasteiger partial charge in [-0.25, -0.2) is 4.79 Å². The average Bonchev–Trinajstić information content (AvgIpc) is 2.25. The minimum absolute atomic E-state index is 0.0434. The zero-order chi connectivity index (χ0) is 13.1. The van der Waals surface area contributed by atoms with Crippen LogP contribution in [0, 0.1) is 5.92 Å². The van der Waals surface area contributed by atoms with Crippen LogP contribution in [-0.2, 0) is 9.53 Å². The van der Waals surface area contributed by atoms with E-state index < -0.39 is 17.7 Å². The Labute approximate surface area is 98.5 Å². The molecule has 17 heavy (non-hydrogen) atoms. The first-order valence-electron chi connectivity index (χ1n) is 5.78.